The molecule has 20 heavy (non-hydrogen) atoms. The highest BCUT2D eigenvalue weighted by molar-refractivity contribution is 5.95. The van der Waals surface area contributed by atoms with Gasteiger partial charge >= 0.3 is 0 Å². The molecule has 0 fully saturated rings. The van der Waals surface area contributed by atoms with Gasteiger partial charge in [-0.25, -0.2) is 13.2 Å². The molecule has 0 radical (unpaired) electrons. The largest absolute Gasteiger partial charge is 0.396 e. The van der Waals surface area contributed by atoms with Crippen LogP contribution in [0.2, 0.25) is 0 Å². The number of nitrogens with one attached hydrogen (secondary N) is 1. The van der Waals surface area contributed by atoms with Crippen LogP contribution < -0.4 is 11.1 Å². The molecule has 0 aliphatic carbocycles. The minimum absolute atomic E-state index is 0.138. The third kappa shape index (κ3) is 2.90. The third-order valence-electron chi connectivity index (χ3n) is 2.71. The highest BCUT2D eigenvalue weighted by atomic mass is 19.1. The Kier molecular flexibility index (Phi) is 3.93. The fourth-order valence-electron chi connectivity index (χ4n) is 1.69. The molecule has 2 aromatic carbocycles. The standard InChI is InChI=1S/C14H11F3N2O/c15-9-5-10(13(17)12(18)6-9)14(20)19-7-8-3-1-2-4-11(8)16/h1-6H,7,18H2,(H,19,20). The van der Waals surface area contributed by atoms with Crippen LogP contribution in [-0.2, 0) is 6.54 Å². The van der Waals surface area contributed by atoms with Crippen molar-refractivity contribution >= 4 is 11.6 Å². The number of nitrogen functional groups attached to an aromatic ring is 1. The summed E-state index contributed by atoms with van der Waals surface area (Å²) in [6.45, 7) is -0.138. The second-order valence-corrected chi connectivity index (χ2v) is 4.13. The van der Waals surface area contributed by atoms with Gasteiger partial charge in [-0.15, -0.1) is 0 Å². The molecule has 2 aromatic rings. The van der Waals surface area contributed by atoms with Crippen LogP contribution in [0.25, 0.3) is 0 Å². The summed E-state index contributed by atoms with van der Waals surface area (Å²) < 4.78 is 40.1. The molecule has 1 amide bonds. The Balaban J connectivity index is 2.15. The number of carbonyl (C=O) groups excluding carboxylic acids is 1. The first-order valence-electron chi connectivity index (χ1n) is 5.75. The topological polar surface area (TPSA) is 55.1 Å². The number of hydrogen-bond acceptors (Lipinski definition) is 2. The van der Waals surface area contributed by atoms with E-state index in [0.717, 1.165) is 12.1 Å². The van der Waals surface area contributed by atoms with Crippen LogP contribution >= 0.6 is 0 Å². The van der Waals surface area contributed by atoms with Gasteiger partial charge < -0.3 is 11.1 Å². The Morgan fingerprint density at radius 2 is 1.85 bits per heavy atom. The van der Waals surface area contributed by atoms with Crippen LogP contribution in [0.4, 0.5) is 18.9 Å². The van der Waals surface area contributed by atoms with E-state index in [9.17, 15) is 18.0 Å². The highest BCUT2D eigenvalue weighted by Gasteiger charge is 2.16. The zero-order valence-electron chi connectivity index (χ0n) is 10.3. The zero-order valence-corrected chi connectivity index (χ0v) is 10.3. The van der Waals surface area contributed by atoms with Crippen LogP contribution in [0.5, 0.6) is 0 Å². The molecule has 0 bridgehead atoms. The number of anilines is 1. The second-order valence-electron chi connectivity index (χ2n) is 4.13. The van der Waals surface area contributed by atoms with E-state index < -0.39 is 34.6 Å². The summed E-state index contributed by atoms with van der Waals surface area (Å²) in [6, 6.07) is 7.35. The molecule has 0 atom stereocenters. The Hall–Kier alpha value is -2.50. The number of nitrogens with two attached hydrogens (primary N) is 1. The monoisotopic (exact) mass is 280 g/mol. The maximum atomic E-state index is 13.6. The minimum atomic E-state index is -1.00. The van der Waals surface area contributed by atoms with E-state index in [1.54, 1.807) is 6.07 Å². The van der Waals surface area contributed by atoms with Crippen molar-refractivity contribution in [3.8, 4) is 0 Å². The van der Waals surface area contributed by atoms with Gasteiger partial charge in [0.05, 0.1) is 11.3 Å². The summed E-state index contributed by atoms with van der Waals surface area (Å²) in [5.41, 5.74) is 4.50. The number of hydrogen-bond donors (Lipinski definition) is 2. The van der Waals surface area contributed by atoms with E-state index >= 15 is 0 Å². The zero-order chi connectivity index (χ0) is 14.7. The summed E-state index contributed by atoms with van der Waals surface area (Å²) in [4.78, 5) is 11.8. The number of rotatable bonds is 3. The normalized spacial score (nSPS) is 10.3. The molecule has 6 heteroatoms. The van der Waals surface area contributed by atoms with E-state index in [2.05, 4.69) is 5.32 Å². The number of amides is 1. The van der Waals surface area contributed by atoms with Gasteiger partial charge in [-0.2, -0.15) is 0 Å². The predicted octanol–water partition coefficient (Wildman–Crippen LogP) is 2.62. The number of carbonyl (C=O) groups is 1. The average molecular weight is 280 g/mol. The van der Waals surface area contributed by atoms with Crippen LogP contribution in [0.1, 0.15) is 15.9 Å². The molecule has 0 aliphatic rings. The van der Waals surface area contributed by atoms with Crippen LogP contribution in [0, 0.1) is 17.5 Å². The first-order chi connectivity index (χ1) is 9.49. The molecule has 0 heterocycles. The molecule has 0 saturated heterocycles. The first kappa shape index (κ1) is 13.9. The predicted molar refractivity (Wildman–Crippen MR) is 68.3 cm³/mol. The van der Waals surface area contributed by atoms with Crippen LogP contribution in [0.3, 0.4) is 0 Å². The first-order valence-corrected chi connectivity index (χ1v) is 5.75. The van der Waals surface area contributed by atoms with E-state index in [0.29, 0.717) is 0 Å². The number of benzene rings is 2. The molecular formula is C14H11F3N2O. The molecule has 0 spiro atoms. The van der Waals surface area contributed by atoms with Gasteiger partial charge in [-0.05, 0) is 18.2 Å². The van der Waals surface area contributed by atoms with Crippen molar-refractivity contribution in [1.29, 1.82) is 0 Å². The van der Waals surface area contributed by atoms with Gasteiger partial charge in [0.25, 0.3) is 5.91 Å². The van der Waals surface area contributed by atoms with Crippen molar-refractivity contribution in [1.82, 2.24) is 5.32 Å². The fraction of sp³-hybridized carbons (Fsp3) is 0.0714. The average Bonchev–Trinajstić information content (AvgIpc) is 2.41. The molecule has 3 nitrogen and oxygen atoms in total. The highest BCUT2D eigenvalue weighted by Crippen LogP contribution is 2.17. The maximum absolute atomic E-state index is 13.6. The lowest BCUT2D eigenvalue weighted by Crippen LogP contribution is -2.24. The van der Waals surface area contributed by atoms with Gasteiger partial charge in [0.15, 0.2) is 5.82 Å². The minimum Gasteiger partial charge on any atom is -0.396 e. The quantitative estimate of drug-likeness (QED) is 0.849. The lowest BCUT2D eigenvalue weighted by Gasteiger charge is -2.08. The Bertz CT molecular complexity index is 659. The Morgan fingerprint density at radius 3 is 2.55 bits per heavy atom. The van der Waals surface area contributed by atoms with Crippen LogP contribution in [0.15, 0.2) is 36.4 Å². The van der Waals surface area contributed by atoms with Crippen molar-refractivity contribution in [3.63, 3.8) is 0 Å². The second kappa shape index (κ2) is 5.64. The van der Waals surface area contributed by atoms with Gasteiger partial charge in [-0.1, -0.05) is 18.2 Å². The van der Waals surface area contributed by atoms with Crippen molar-refractivity contribution in [2.45, 2.75) is 6.54 Å². The SMILES string of the molecule is Nc1cc(F)cc(C(=O)NCc2ccccc2F)c1F. The molecule has 2 rings (SSSR count). The molecule has 0 aromatic heterocycles. The van der Waals surface area contributed by atoms with Gasteiger partial charge in [0.1, 0.15) is 11.6 Å². The van der Waals surface area contributed by atoms with Crippen molar-refractivity contribution < 1.29 is 18.0 Å². The van der Waals surface area contributed by atoms with E-state index in [4.69, 9.17) is 5.73 Å². The molecule has 0 saturated carbocycles. The van der Waals surface area contributed by atoms with E-state index in [-0.39, 0.29) is 12.1 Å². The Labute approximate surface area is 113 Å². The molecular weight excluding hydrogens is 269 g/mol. The van der Waals surface area contributed by atoms with Crippen molar-refractivity contribution in [2.75, 3.05) is 5.73 Å². The summed E-state index contributed by atoms with van der Waals surface area (Å²) in [6.07, 6.45) is 0. The lowest BCUT2D eigenvalue weighted by molar-refractivity contribution is 0.0946. The van der Waals surface area contributed by atoms with Crippen LogP contribution in [-0.4, -0.2) is 5.91 Å². The summed E-state index contributed by atoms with van der Waals surface area (Å²) in [5, 5.41) is 2.31. The van der Waals surface area contributed by atoms with Gasteiger partial charge in [0.2, 0.25) is 0 Å². The maximum Gasteiger partial charge on any atom is 0.254 e. The smallest absolute Gasteiger partial charge is 0.254 e. The summed E-state index contributed by atoms with van der Waals surface area (Å²) >= 11 is 0. The number of halogens is 3. The third-order valence-corrected chi connectivity index (χ3v) is 2.71. The van der Waals surface area contributed by atoms with Gasteiger partial charge in [-0.3, -0.25) is 4.79 Å². The van der Waals surface area contributed by atoms with Crippen molar-refractivity contribution in [2.24, 2.45) is 0 Å². The molecule has 0 aliphatic heterocycles. The molecule has 3 N–H and O–H groups in total. The summed E-state index contributed by atoms with van der Waals surface area (Å²) in [7, 11) is 0. The Morgan fingerprint density at radius 1 is 1.15 bits per heavy atom. The summed E-state index contributed by atoms with van der Waals surface area (Å²) in [5.74, 6) is -3.18. The lowest BCUT2D eigenvalue weighted by atomic mass is 10.1. The molecule has 0 unspecified atom stereocenters. The van der Waals surface area contributed by atoms with E-state index in [1.807, 2.05) is 0 Å². The van der Waals surface area contributed by atoms with Crippen molar-refractivity contribution in [3.05, 3.63) is 65.0 Å². The van der Waals surface area contributed by atoms with Gasteiger partial charge in [0, 0.05) is 12.1 Å². The van der Waals surface area contributed by atoms with E-state index in [1.165, 1.54) is 18.2 Å². The molecule has 104 valence electrons. The fourth-order valence-corrected chi connectivity index (χ4v) is 1.69.